The number of fused-ring (bicyclic) bond motifs is 1. The first-order chi connectivity index (χ1) is 10.8. The molecule has 3 rings (SSSR count). The number of methoxy groups -OCH3 is 2. The van der Waals surface area contributed by atoms with Gasteiger partial charge in [-0.1, -0.05) is 30.3 Å². The number of benzene rings is 2. The molecule has 0 bridgehead atoms. The van der Waals surface area contributed by atoms with Crippen molar-refractivity contribution < 1.29 is 14.2 Å². The van der Waals surface area contributed by atoms with Gasteiger partial charge in [0, 0.05) is 19.8 Å². The monoisotopic (exact) mass is 296 g/mol. The van der Waals surface area contributed by atoms with Crippen LogP contribution >= 0.6 is 0 Å². The Hall–Kier alpha value is -2.10. The van der Waals surface area contributed by atoms with Crippen molar-refractivity contribution in [3.63, 3.8) is 0 Å². The molecule has 114 valence electrons. The van der Waals surface area contributed by atoms with Crippen LogP contribution in [0.2, 0.25) is 0 Å². The Labute approximate surface area is 131 Å². The fourth-order valence-corrected chi connectivity index (χ4v) is 2.79. The fourth-order valence-electron chi connectivity index (χ4n) is 2.79. The van der Waals surface area contributed by atoms with Crippen LogP contribution in [-0.2, 0) is 22.3 Å². The van der Waals surface area contributed by atoms with Crippen LogP contribution in [0, 0.1) is 0 Å². The molecule has 0 N–H and O–H groups in total. The number of hydrogen-bond donors (Lipinski definition) is 0. The van der Waals surface area contributed by atoms with Crippen LogP contribution in [0.15, 0.2) is 54.8 Å². The summed E-state index contributed by atoms with van der Waals surface area (Å²) in [6.45, 7) is 0. The van der Waals surface area contributed by atoms with Gasteiger partial charge in [0.2, 0.25) is 0 Å². The van der Waals surface area contributed by atoms with Crippen molar-refractivity contribution >= 4 is 0 Å². The predicted octanol–water partition coefficient (Wildman–Crippen LogP) is 4.02. The number of rotatable bonds is 5. The third-order valence-electron chi connectivity index (χ3n) is 3.87. The summed E-state index contributed by atoms with van der Waals surface area (Å²) in [7, 11) is 3.33. The second kappa shape index (κ2) is 6.77. The van der Waals surface area contributed by atoms with Crippen LogP contribution in [-0.4, -0.2) is 14.2 Å². The van der Waals surface area contributed by atoms with E-state index < -0.39 is 0 Å². The molecule has 0 unspecified atom stereocenters. The summed E-state index contributed by atoms with van der Waals surface area (Å²) >= 11 is 0. The Bertz CT molecular complexity index is 658. The van der Waals surface area contributed by atoms with Gasteiger partial charge >= 0.3 is 0 Å². The number of ether oxygens (including phenoxy) is 3. The molecule has 2 aromatic carbocycles. The van der Waals surface area contributed by atoms with Gasteiger partial charge < -0.3 is 14.2 Å². The highest BCUT2D eigenvalue weighted by atomic mass is 16.7. The van der Waals surface area contributed by atoms with Gasteiger partial charge in [0.05, 0.1) is 6.26 Å². The second-order valence-electron chi connectivity index (χ2n) is 5.32. The van der Waals surface area contributed by atoms with Crippen LogP contribution in [0.3, 0.4) is 0 Å². The molecule has 0 aromatic heterocycles. The van der Waals surface area contributed by atoms with E-state index in [-0.39, 0.29) is 6.29 Å². The topological polar surface area (TPSA) is 27.7 Å². The first kappa shape index (κ1) is 14.8. The van der Waals surface area contributed by atoms with Gasteiger partial charge in [0.25, 0.3) is 0 Å². The Morgan fingerprint density at radius 1 is 1.09 bits per heavy atom. The molecule has 0 aliphatic carbocycles. The van der Waals surface area contributed by atoms with E-state index in [1.165, 1.54) is 5.56 Å². The molecule has 0 fully saturated rings. The van der Waals surface area contributed by atoms with Crippen molar-refractivity contribution in [3.8, 4) is 5.75 Å². The number of allylic oxidation sites excluding steroid dienone is 1. The van der Waals surface area contributed by atoms with Crippen LogP contribution < -0.4 is 4.74 Å². The Morgan fingerprint density at radius 2 is 1.86 bits per heavy atom. The molecule has 0 spiro atoms. The van der Waals surface area contributed by atoms with E-state index in [1.807, 2.05) is 12.1 Å². The second-order valence-corrected chi connectivity index (χ2v) is 5.32. The first-order valence-electron chi connectivity index (χ1n) is 7.38. The van der Waals surface area contributed by atoms with Crippen molar-refractivity contribution in [1.29, 1.82) is 0 Å². The molecule has 0 saturated heterocycles. The van der Waals surface area contributed by atoms with Gasteiger partial charge in [0.15, 0.2) is 6.29 Å². The zero-order chi connectivity index (χ0) is 15.4. The van der Waals surface area contributed by atoms with Crippen molar-refractivity contribution in [2.75, 3.05) is 14.2 Å². The molecule has 3 heteroatoms. The molecule has 2 aromatic rings. The average Bonchev–Trinajstić information content (AvgIpc) is 2.57. The molecule has 0 radical (unpaired) electrons. The molecule has 22 heavy (non-hydrogen) atoms. The van der Waals surface area contributed by atoms with Crippen molar-refractivity contribution in [1.82, 2.24) is 0 Å². The molecule has 0 amide bonds. The van der Waals surface area contributed by atoms with E-state index in [1.54, 1.807) is 20.5 Å². The highest BCUT2D eigenvalue weighted by molar-refractivity contribution is 5.47. The highest BCUT2D eigenvalue weighted by Gasteiger charge is 2.19. The Morgan fingerprint density at radius 3 is 2.59 bits per heavy atom. The van der Waals surface area contributed by atoms with Gasteiger partial charge in [-0.3, -0.25) is 0 Å². The molecular weight excluding hydrogens is 276 g/mol. The van der Waals surface area contributed by atoms with E-state index in [0.717, 1.165) is 35.3 Å². The third kappa shape index (κ3) is 3.06. The van der Waals surface area contributed by atoms with E-state index in [2.05, 4.69) is 36.4 Å². The first-order valence-corrected chi connectivity index (χ1v) is 7.38. The van der Waals surface area contributed by atoms with Crippen LogP contribution in [0.1, 0.15) is 28.5 Å². The van der Waals surface area contributed by atoms with Crippen molar-refractivity contribution in [3.05, 3.63) is 77.1 Å². The standard InChI is InChI=1S/C19H20O3/c1-20-19(21-2)17-12-15-9-6-10-22-18(15)13-16(17)11-14-7-4-3-5-8-14/h3-8,10,12-13,19H,9,11H2,1-2H3. The summed E-state index contributed by atoms with van der Waals surface area (Å²) in [5.74, 6) is 0.920. The smallest absolute Gasteiger partial charge is 0.183 e. The molecular formula is C19H20O3. The Kier molecular flexibility index (Phi) is 4.56. The van der Waals surface area contributed by atoms with Crippen LogP contribution in [0.4, 0.5) is 0 Å². The van der Waals surface area contributed by atoms with E-state index in [4.69, 9.17) is 14.2 Å². The van der Waals surface area contributed by atoms with Crippen LogP contribution in [0.5, 0.6) is 5.75 Å². The molecule has 1 heterocycles. The largest absolute Gasteiger partial charge is 0.465 e. The minimum atomic E-state index is -0.366. The maximum Gasteiger partial charge on any atom is 0.183 e. The minimum absolute atomic E-state index is 0.366. The van der Waals surface area contributed by atoms with Gasteiger partial charge in [-0.05, 0) is 47.7 Å². The molecule has 1 aliphatic heterocycles. The summed E-state index contributed by atoms with van der Waals surface area (Å²) in [4.78, 5) is 0. The van der Waals surface area contributed by atoms with E-state index in [0.29, 0.717) is 0 Å². The normalized spacial score (nSPS) is 13.0. The minimum Gasteiger partial charge on any atom is -0.465 e. The zero-order valence-corrected chi connectivity index (χ0v) is 12.9. The summed E-state index contributed by atoms with van der Waals surface area (Å²) in [5.41, 5.74) is 4.63. The maximum absolute atomic E-state index is 5.64. The summed E-state index contributed by atoms with van der Waals surface area (Å²) in [5, 5.41) is 0. The summed E-state index contributed by atoms with van der Waals surface area (Å²) < 4.78 is 16.6. The quantitative estimate of drug-likeness (QED) is 0.780. The predicted molar refractivity (Wildman–Crippen MR) is 85.9 cm³/mol. The van der Waals surface area contributed by atoms with Gasteiger partial charge in [0.1, 0.15) is 5.75 Å². The van der Waals surface area contributed by atoms with E-state index in [9.17, 15) is 0 Å². The Balaban J connectivity index is 2.02. The lowest BCUT2D eigenvalue weighted by Crippen LogP contribution is -2.10. The van der Waals surface area contributed by atoms with E-state index >= 15 is 0 Å². The zero-order valence-electron chi connectivity index (χ0n) is 12.9. The molecule has 1 aliphatic rings. The third-order valence-corrected chi connectivity index (χ3v) is 3.87. The highest BCUT2D eigenvalue weighted by Crippen LogP contribution is 2.33. The lowest BCUT2D eigenvalue weighted by atomic mass is 9.95. The van der Waals surface area contributed by atoms with Crippen molar-refractivity contribution in [2.45, 2.75) is 19.1 Å². The van der Waals surface area contributed by atoms with Gasteiger partial charge in [-0.15, -0.1) is 0 Å². The molecule has 3 nitrogen and oxygen atoms in total. The molecule has 0 saturated carbocycles. The fraction of sp³-hybridized carbons (Fsp3) is 0.263. The maximum atomic E-state index is 5.64. The number of hydrogen-bond acceptors (Lipinski definition) is 3. The summed E-state index contributed by atoms with van der Waals surface area (Å²) in [6, 6.07) is 14.6. The van der Waals surface area contributed by atoms with Gasteiger partial charge in [-0.2, -0.15) is 0 Å². The average molecular weight is 296 g/mol. The lowest BCUT2D eigenvalue weighted by molar-refractivity contribution is -0.106. The molecule has 0 atom stereocenters. The SMILES string of the molecule is COC(OC)c1cc2c(cc1Cc1ccccc1)OC=CC2. The van der Waals surface area contributed by atoms with Crippen LogP contribution in [0.25, 0.3) is 0 Å². The van der Waals surface area contributed by atoms with Crippen molar-refractivity contribution in [2.24, 2.45) is 0 Å². The lowest BCUT2D eigenvalue weighted by Gasteiger charge is -2.22. The summed E-state index contributed by atoms with van der Waals surface area (Å²) in [6.07, 6.45) is 5.08. The van der Waals surface area contributed by atoms with Gasteiger partial charge in [-0.25, -0.2) is 0 Å².